The fraction of sp³-hybridized carbons (Fsp3) is 0.235. The summed E-state index contributed by atoms with van der Waals surface area (Å²) in [4.78, 5) is 3.96. The van der Waals surface area contributed by atoms with Gasteiger partial charge in [0.2, 0.25) is 0 Å². The summed E-state index contributed by atoms with van der Waals surface area (Å²) in [5, 5.41) is 3.47. The van der Waals surface area contributed by atoms with E-state index < -0.39 is 0 Å². The topological polar surface area (TPSA) is 43.0 Å². The molecule has 3 rings (SSSR count). The number of rotatable bonds is 4. The smallest absolute Gasteiger partial charge is 0.181 e. The zero-order valence-electron chi connectivity index (χ0n) is 12.6. The number of aryl methyl sites for hydroxylation is 1. The molecule has 0 radical (unpaired) electrons. The Morgan fingerprint density at radius 2 is 2.10 bits per heavy atom. The van der Waals surface area contributed by atoms with Crippen molar-refractivity contribution in [2.24, 2.45) is 7.05 Å². The second-order valence-corrected chi connectivity index (χ2v) is 5.26. The second kappa shape index (κ2) is 5.48. The van der Waals surface area contributed by atoms with Crippen LogP contribution in [0.1, 0.15) is 17.0 Å². The Morgan fingerprint density at radius 3 is 2.76 bits per heavy atom. The summed E-state index contributed by atoms with van der Waals surface area (Å²) in [5.41, 5.74) is 5.99. The van der Waals surface area contributed by atoms with Crippen LogP contribution in [-0.4, -0.2) is 9.55 Å². The van der Waals surface area contributed by atoms with Gasteiger partial charge in [0.1, 0.15) is 0 Å². The zero-order chi connectivity index (χ0) is 14.8. The number of nitrogens with one attached hydrogen (secondary N) is 1. The molecule has 0 aliphatic carbocycles. The largest absolute Gasteiger partial charge is 0.444 e. The van der Waals surface area contributed by atoms with Crippen LogP contribution in [0, 0.1) is 13.8 Å². The van der Waals surface area contributed by atoms with Gasteiger partial charge >= 0.3 is 0 Å². The van der Waals surface area contributed by atoms with E-state index in [1.807, 2.05) is 12.1 Å². The summed E-state index contributed by atoms with van der Waals surface area (Å²) in [6.07, 6.45) is 3.18. The summed E-state index contributed by atoms with van der Waals surface area (Å²) < 4.78 is 7.54. The predicted octanol–water partition coefficient (Wildman–Crippen LogP) is 3.91. The van der Waals surface area contributed by atoms with E-state index in [0.29, 0.717) is 0 Å². The molecule has 0 unspecified atom stereocenters. The third kappa shape index (κ3) is 2.70. The summed E-state index contributed by atoms with van der Waals surface area (Å²) in [6.45, 7) is 5.09. The minimum Gasteiger partial charge on any atom is -0.444 e. The van der Waals surface area contributed by atoms with Crippen molar-refractivity contribution < 1.29 is 4.42 Å². The first-order chi connectivity index (χ1) is 10.1. The Morgan fingerprint density at radius 1 is 1.24 bits per heavy atom. The number of benzene rings is 1. The van der Waals surface area contributed by atoms with Gasteiger partial charge in [-0.2, -0.15) is 0 Å². The first-order valence-corrected chi connectivity index (χ1v) is 7.00. The highest BCUT2D eigenvalue weighted by Crippen LogP contribution is 2.23. The minimum atomic E-state index is 0.783. The van der Waals surface area contributed by atoms with E-state index in [1.165, 1.54) is 23.3 Å². The predicted molar refractivity (Wildman–Crippen MR) is 84.2 cm³/mol. The van der Waals surface area contributed by atoms with Crippen molar-refractivity contribution in [2.45, 2.75) is 20.4 Å². The van der Waals surface area contributed by atoms with E-state index in [-0.39, 0.29) is 0 Å². The third-order valence-corrected chi connectivity index (χ3v) is 3.94. The van der Waals surface area contributed by atoms with Gasteiger partial charge in [0.25, 0.3) is 0 Å². The van der Waals surface area contributed by atoms with Crippen molar-refractivity contribution in [3.05, 3.63) is 59.9 Å². The van der Waals surface area contributed by atoms with E-state index >= 15 is 0 Å². The first-order valence-electron chi connectivity index (χ1n) is 7.00. The van der Waals surface area contributed by atoms with Crippen molar-refractivity contribution in [1.29, 1.82) is 0 Å². The van der Waals surface area contributed by atoms with Gasteiger partial charge in [-0.3, -0.25) is 0 Å². The molecule has 0 atom stereocenters. The van der Waals surface area contributed by atoms with Crippen LogP contribution in [0.15, 0.2) is 47.3 Å². The standard InChI is InChI=1S/C17H19N3O/c1-12-7-15(13(2)20(12)3)9-19-16-6-4-5-14(8-16)17-10-18-11-21-17/h4-8,10-11,19H,9H2,1-3H3. The Kier molecular flexibility index (Phi) is 3.52. The molecular weight excluding hydrogens is 262 g/mol. The van der Waals surface area contributed by atoms with E-state index in [9.17, 15) is 0 Å². The zero-order valence-corrected chi connectivity index (χ0v) is 12.6. The lowest BCUT2D eigenvalue weighted by atomic mass is 10.1. The molecule has 0 bridgehead atoms. The van der Waals surface area contributed by atoms with E-state index in [4.69, 9.17) is 4.42 Å². The fourth-order valence-electron chi connectivity index (χ4n) is 2.45. The molecule has 21 heavy (non-hydrogen) atoms. The molecule has 4 nitrogen and oxygen atoms in total. The van der Waals surface area contributed by atoms with Crippen molar-refractivity contribution in [2.75, 3.05) is 5.32 Å². The molecule has 2 heterocycles. The maximum Gasteiger partial charge on any atom is 0.181 e. The molecule has 3 aromatic rings. The van der Waals surface area contributed by atoms with Crippen LogP contribution in [0.4, 0.5) is 5.69 Å². The fourth-order valence-corrected chi connectivity index (χ4v) is 2.45. The Hall–Kier alpha value is -2.49. The van der Waals surface area contributed by atoms with Gasteiger partial charge in [-0.1, -0.05) is 12.1 Å². The van der Waals surface area contributed by atoms with Crippen LogP contribution in [0.3, 0.4) is 0 Å². The van der Waals surface area contributed by atoms with Crippen molar-refractivity contribution in [1.82, 2.24) is 9.55 Å². The quantitative estimate of drug-likeness (QED) is 0.788. The van der Waals surface area contributed by atoms with Crippen LogP contribution in [0.2, 0.25) is 0 Å². The number of nitrogens with zero attached hydrogens (tertiary/aromatic N) is 2. The molecule has 0 spiro atoms. The lowest BCUT2D eigenvalue weighted by Crippen LogP contribution is -2.01. The highest BCUT2D eigenvalue weighted by atomic mass is 16.3. The molecule has 0 fully saturated rings. The van der Waals surface area contributed by atoms with Crippen molar-refractivity contribution in [3.63, 3.8) is 0 Å². The van der Waals surface area contributed by atoms with Gasteiger partial charge in [-0.15, -0.1) is 0 Å². The third-order valence-electron chi connectivity index (χ3n) is 3.94. The average molecular weight is 281 g/mol. The maximum absolute atomic E-state index is 5.33. The van der Waals surface area contributed by atoms with Crippen LogP contribution in [0.5, 0.6) is 0 Å². The highest BCUT2D eigenvalue weighted by Gasteiger charge is 2.06. The monoisotopic (exact) mass is 281 g/mol. The molecule has 0 aliphatic rings. The number of aromatic nitrogens is 2. The normalized spacial score (nSPS) is 10.8. The SMILES string of the molecule is Cc1cc(CNc2cccc(-c3cnco3)c2)c(C)n1C. The van der Waals surface area contributed by atoms with E-state index in [0.717, 1.165) is 23.6 Å². The highest BCUT2D eigenvalue weighted by molar-refractivity contribution is 5.63. The molecule has 1 N–H and O–H groups in total. The van der Waals surface area contributed by atoms with Crippen molar-refractivity contribution in [3.8, 4) is 11.3 Å². The molecule has 108 valence electrons. The lowest BCUT2D eigenvalue weighted by Gasteiger charge is -2.08. The lowest BCUT2D eigenvalue weighted by molar-refractivity contribution is 0.572. The summed E-state index contributed by atoms with van der Waals surface area (Å²) in [6, 6.07) is 10.4. The maximum atomic E-state index is 5.33. The molecule has 2 aromatic heterocycles. The molecule has 0 amide bonds. The Bertz CT molecular complexity index is 741. The molecule has 1 aromatic carbocycles. The average Bonchev–Trinajstić information content (AvgIpc) is 3.11. The van der Waals surface area contributed by atoms with Gasteiger partial charge < -0.3 is 14.3 Å². The summed E-state index contributed by atoms with van der Waals surface area (Å²) in [7, 11) is 2.10. The first kappa shape index (κ1) is 13.5. The molecule has 4 heteroatoms. The van der Waals surface area contributed by atoms with Gasteiger partial charge in [-0.25, -0.2) is 4.98 Å². The number of hydrogen-bond donors (Lipinski definition) is 1. The van der Waals surface area contributed by atoms with Gasteiger partial charge in [-0.05, 0) is 37.6 Å². The van der Waals surface area contributed by atoms with Crippen LogP contribution in [0.25, 0.3) is 11.3 Å². The van der Waals surface area contributed by atoms with Crippen molar-refractivity contribution >= 4 is 5.69 Å². The Labute approximate surface area is 124 Å². The van der Waals surface area contributed by atoms with E-state index in [2.05, 4.69) is 54.0 Å². The summed E-state index contributed by atoms with van der Waals surface area (Å²) in [5.74, 6) is 0.783. The molecule has 0 saturated heterocycles. The van der Waals surface area contributed by atoms with E-state index in [1.54, 1.807) is 6.20 Å². The number of anilines is 1. The minimum absolute atomic E-state index is 0.783. The number of hydrogen-bond acceptors (Lipinski definition) is 3. The van der Waals surface area contributed by atoms with Gasteiger partial charge in [0.05, 0.1) is 6.20 Å². The second-order valence-electron chi connectivity index (χ2n) is 5.26. The molecule has 0 aliphatic heterocycles. The summed E-state index contributed by atoms with van der Waals surface area (Å²) >= 11 is 0. The van der Waals surface area contributed by atoms with Crippen LogP contribution >= 0.6 is 0 Å². The van der Waals surface area contributed by atoms with Crippen LogP contribution < -0.4 is 5.32 Å². The molecular formula is C17H19N3O. The van der Waals surface area contributed by atoms with Crippen LogP contribution in [-0.2, 0) is 13.6 Å². The molecule has 0 saturated carbocycles. The Balaban J connectivity index is 1.76. The van der Waals surface area contributed by atoms with Gasteiger partial charge in [0, 0.05) is 36.2 Å². The number of oxazole rings is 1. The van der Waals surface area contributed by atoms with Gasteiger partial charge in [0.15, 0.2) is 12.2 Å².